The van der Waals surface area contributed by atoms with Crippen LogP contribution in [0, 0.1) is 11.8 Å². The van der Waals surface area contributed by atoms with E-state index < -0.39 is 11.9 Å². The number of carbonyl (C=O) groups is 2. The number of rotatable bonds is 16. The summed E-state index contributed by atoms with van der Waals surface area (Å²) >= 11 is 0. The largest absolute Gasteiger partial charge is 0.462 e. The molecule has 2 aromatic rings. The van der Waals surface area contributed by atoms with Crippen molar-refractivity contribution in [3.05, 3.63) is 47.5 Å². The van der Waals surface area contributed by atoms with Gasteiger partial charge >= 0.3 is 11.9 Å². The molecule has 2 aromatic carbocycles. The van der Waals surface area contributed by atoms with Crippen molar-refractivity contribution in [1.82, 2.24) is 0 Å². The van der Waals surface area contributed by atoms with Crippen LogP contribution < -0.4 is 0 Å². The molecule has 8 nitrogen and oxygen atoms in total. The van der Waals surface area contributed by atoms with Crippen molar-refractivity contribution in [3.8, 4) is 0 Å². The van der Waals surface area contributed by atoms with Crippen molar-refractivity contribution in [2.45, 2.75) is 25.7 Å². The Bertz CT molecular complexity index is 904. The molecule has 0 unspecified atom stereocenters. The minimum Gasteiger partial charge on any atom is -0.462 e. The van der Waals surface area contributed by atoms with Crippen molar-refractivity contribution in [1.29, 1.82) is 0 Å². The van der Waals surface area contributed by atoms with Gasteiger partial charge in [-0.3, -0.25) is 0 Å². The highest BCUT2D eigenvalue weighted by Gasteiger charge is 2.20. The molecule has 0 bridgehead atoms. The summed E-state index contributed by atoms with van der Waals surface area (Å²) in [6, 6.07) is 10.6. The number of ether oxygens (including phenoxy) is 6. The lowest BCUT2D eigenvalue weighted by Gasteiger charge is -2.25. The van der Waals surface area contributed by atoms with E-state index in [2.05, 4.69) is 0 Å². The fourth-order valence-corrected chi connectivity index (χ4v) is 4.01. The van der Waals surface area contributed by atoms with Gasteiger partial charge in [-0.1, -0.05) is 24.3 Å². The summed E-state index contributed by atoms with van der Waals surface area (Å²) in [6.07, 6.45) is 3.12. The fraction of sp³-hybridized carbons (Fsp3) is 0.571. The Morgan fingerprint density at radius 2 is 1.06 bits per heavy atom. The minimum atomic E-state index is -0.396. The topological polar surface area (TPSA) is 89.5 Å². The Kier molecular flexibility index (Phi) is 10.5. The molecule has 0 amide bonds. The molecule has 0 N–H and O–H groups in total. The molecule has 2 heterocycles. The Hall–Kier alpha value is -2.52. The lowest BCUT2D eigenvalue weighted by Crippen LogP contribution is -2.31. The molecule has 8 heteroatoms. The van der Waals surface area contributed by atoms with Crippen LogP contribution in [0.4, 0.5) is 0 Å². The molecule has 0 atom stereocenters. The summed E-state index contributed by atoms with van der Waals surface area (Å²) in [5.74, 6) is 0.251. The number of benzene rings is 2. The molecule has 196 valence electrons. The van der Waals surface area contributed by atoms with E-state index in [1.54, 1.807) is 12.1 Å². The molecule has 0 saturated carbocycles. The minimum absolute atomic E-state index is 0.324. The van der Waals surface area contributed by atoms with E-state index in [4.69, 9.17) is 28.4 Å². The predicted molar refractivity (Wildman–Crippen MR) is 133 cm³/mol. The third-order valence-electron chi connectivity index (χ3n) is 6.32. The maximum atomic E-state index is 12.7. The third kappa shape index (κ3) is 7.74. The second-order valence-corrected chi connectivity index (χ2v) is 9.35. The van der Waals surface area contributed by atoms with Crippen LogP contribution in [0.15, 0.2) is 36.4 Å². The van der Waals surface area contributed by atoms with Gasteiger partial charge in [0.05, 0.1) is 64.0 Å². The summed E-state index contributed by atoms with van der Waals surface area (Å²) in [6.45, 7) is 6.55. The Morgan fingerprint density at radius 1 is 0.639 bits per heavy atom. The molecular weight excluding hydrogens is 464 g/mol. The molecule has 2 aliphatic heterocycles. The van der Waals surface area contributed by atoms with Crippen LogP contribution in [0.3, 0.4) is 0 Å². The van der Waals surface area contributed by atoms with E-state index in [1.807, 2.05) is 24.3 Å². The van der Waals surface area contributed by atoms with Gasteiger partial charge in [0.2, 0.25) is 0 Å². The van der Waals surface area contributed by atoms with E-state index in [-0.39, 0.29) is 0 Å². The number of hydrogen-bond acceptors (Lipinski definition) is 8. The Balaban J connectivity index is 1.19. The lowest BCUT2D eigenvalue weighted by molar-refractivity contribution is -0.0720. The highest BCUT2D eigenvalue weighted by Crippen LogP contribution is 2.24. The highest BCUT2D eigenvalue weighted by atomic mass is 16.5. The maximum absolute atomic E-state index is 12.7. The fourth-order valence-electron chi connectivity index (χ4n) is 4.01. The first-order chi connectivity index (χ1) is 17.7. The van der Waals surface area contributed by atoms with Gasteiger partial charge in [0.15, 0.2) is 0 Å². The smallest absolute Gasteiger partial charge is 0.338 e. The van der Waals surface area contributed by atoms with Crippen LogP contribution in [0.1, 0.15) is 46.4 Å². The van der Waals surface area contributed by atoms with Crippen LogP contribution in [0.25, 0.3) is 10.8 Å². The molecule has 36 heavy (non-hydrogen) atoms. The maximum Gasteiger partial charge on any atom is 0.338 e. The van der Waals surface area contributed by atoms with Crippen LogP contribution in [-0.2, 0) is 28.4 Å². The molecule has 0 spiro atoms. The predicted octanol–water partition coefficient (Wildman–Crippen LogP) is 4.04. The van der Waals surface area contributed by atoms with Crippen molar-refractivity contribution < 1.29 is 38.0 Å². The van der Waals surface area contributed by atoms with Gasteiger partial charge < -0.3 is 28.4 Å². The third-order valence-corrected chi connectivity index (χ3v) is 6.32. The van der Waals surface area contributed by atoms with Gasteiger partial charge in [-0.25, -0.2) is 9.59 Å². The van der Waals surface area contributed by atoms with E-state index in [1.165, 1.54) is 0 Å². The second-order valence-electron chi connectivity index (χ2n) is 9.35. The first-order valence-corrected chi connectivity index (χ1v) is 12.9. The Labute approximate surface area is 212 Å². The quantitative estimate of drug-likeness (QED) is 0.252. The van der Waals surface area contributed by atoms with Crippen LogP contribution >= 0.6 is 0 Å². The number of esters is 2. The van der Waals surface area contributed by atoms with Crippen LogP contribution in [0.2, 0.25) is 0 Å². The summed E-state index contributed by atoms with van der Waals surface area (Å²) in [5, 5.41) is 1.35. The van der Waals surface area contributed by atoms with Crippen molar-refractivity contribution in [3.63, 3.8) is 0 Å². The van der Waals surface area contributed by atoms with E-state index in [0.29, 0.717) is 60.2 Å². The van der Waals surface area contributed by atoms with Gasteiger partial charge in [-0.2, -0.15) is 0 Å². The number of hydrogen-bond donors (Lipinski definition) is 0. The molecule has 2 saturated heterocycles. The molecule has 4 rings (SSSR count). The number of fused-ring (bicyclic) bond motifs is 1. The average Bonchev–Trinajstić information content (AvgIpc) is 2.84. The zero-order valence-corrected chi connectivity index (χ0v) is 20.8. The summed E-state index contributed by atoms with van der Waals surface area (Å²) in [7, 11) is 0. The van der Waals surface area contributed by atoms with Crippen molar-refractivity contribution in [2.24, 2.45) is 11.8 Å². The second kappa shape index (κ2) is 14.3. The highest BCUT2D eigenvalue weighted by molar-refractivity contribution is 6.11. The van der Waals surface area contributed by atoms with Crippen molar-refractivity contribution >= 4 is 22.7 Å². The van der Waals surface area contributed by atoms with E-state index in [0.717, 1.165) is 65.3 Å². The molecule has 0 aliphatic carbocycles. The average molecular weight is 501 g/mol. The molecule has 2 aliphatic rings. The molecule has 0 radical (unpaired) electrons. The zero-order valence-electron chi connectivity index (χ0n) is 20.8. The van der Waals surface area contributed by atoms with Gasteiger partial charge in [-0.15, -0.1) is 0 Å². The molecular formula is C28H36O8. The summed E-state index contributed by atoms with van der Waals surface area (Å²) < 4.78 is 32.4. The normalized spacial score (nSPS) is 15.9. The standard InChI is InChI=1S/C28H36O8/c29-27(35-13-5-3-11-31-15-21-17-33-18-21)25-9-10-26(24-8-2-1-7-23(24)25)28(30)36-14-6-4-12-32-16-22-19-34-20-22/h1-2,7-10,21-22H,3-6,11-20H2. The number of carbonyl (C=O) groups excluding carboxylic acids is 2. The monoisotopic (exact) mass is 500 g/mol. The first kappa shape index (κ1) is 26.5. The van der Waals surface area contributed by atoms with E-state index >= 15 is 0 Å². The van der Waals surface area contributed by atoms with Crippen LogP contribution in [0.5, 0.6) is 0 Å². The molecule has 0 aromatic heterocycles. The number of unbranched alkanes of at least 4 members (excludes halogenated alkanes) is 2. The SMILES string of the molecule is O=C(OCCCCOCC1COC1)c1ccc(C(=O)OCCCCOCC2COC2)c2ccccc12. The van der Waals surface area contributed by atoms with Gasteiger partial charge in [0.25, 0.3) is 0 Å². The van der Waals surface area contributed by atoms with Crippen LogP contribution in [-0.4, -0.2) is 78.0 Å². The Morgan fingerprint density at radius 3 is 1.44 bits per heavy atom. The van der Waals surface area contributed by atoms with E-state index in [9.17, 15) is 9.59 Å². The first-order valence-electron chi connectivity index (χ1n) is 12.9. The van der Waals surface area contributed by atoms with Gasteiger partial charge in [-0.05, 0) is 48.6 Å². The van der Waals surface area contributed by atoms with Gasteiger partial charge in [0, 0.05) is 25.0 Å². The zero-order chi connectivity index (χ0) is 25.0. The summed E-state index contributed by atoms with van der Waals surface area (Å²) in [5.41, 5.74) is 0.884. The van der Waals surface area contributed by atoms with Crippen molar-refractivity contribution in [2.75, 3.05) is 66.1 Å². The lowest BCUT2D eigenvalue weighted by atomic mass is 9.99. The summed E-state index contributed by atoms with van der Waals surface area (Å²) in [4.78, 5) is 25.4. The van der Waals surface area contributed by atoms with Gasteiger partial charge in [0.1, 0.15) is 0 Å². The molecule has 2 fully saturated rings.